The molecule has 0 nitrogen and oxygen atoms in total. The van der Waals surface area contributed by atoms with Crippen LogP contribution in [0.4, 0.5) is 0 Å². The van der Waals surface area contributed by atoms with E-state index in [4.69, 9.17) is 11.1 Å². The van der Waals surface area contributed by atoms with Crippen molar-refractivity contribution in [1.29, 1.82) is 0 Å². The van der Waals surface area contributed by atoms with Crippen LogP contribution in [0.2, 0.25) is 25.2 Å². The van der Waals surface area contributed by atoms with Crippen molar-refractivity contribution >= 4 is 28.0 Å². The number of rotatable bonds is 4. The molecule has 0 aliphatic carbocycles. The van der Waals surface area contributed by atoms with E-state index in [1.807, 2.05) is 0 Å². The molecule has 0 heterocycles. The van der Waals surface area contributed by atoms with Gasteiger partial charge in [-0.3, -0.25) is 0 Å². The smallest absolute Gasteiger partial charge is 0.150 e. The molecule has 0 radical (unpaired) electrons. The summed E-state index contributed by atoms with van der Waals surface area (Å²) in [5.74, 6) is 0. The van der Waals surface area contributed by atoms with Gasteiger partial charge >= 0.3 is 0 Å². The van der Waals surface area contributed by atoms with Crippen molar-refractivity contribution in [2.75, 3.05) is 0 Å². The van der Waals surface area contributed by atoms with Gasteiger partial charge in [0.2, 0.25) is 0 Å². The first-order valence-corrected chi connectivity index (χ1v) is 10.2. The average molecular weight is 207 g/mol. The number of allylic oxidation sites excluding steroid dienone is 2. The van der Waals surface area contributed by atoms with Crippen LogP contribution in [-0.4, -0.2) is 16.9 Å². The molecule has 0 aromatic heterocycles. The van der Waals surface area contributed by atoms with Gasteiger partial charge in [-0.2, -0.15) is 11.1 Å². The van der Waals surface area contributed by atoms with Gasteiger partial charge < -0.3 is 0 Å². The molecule has 0 saturated carbocycles. The predicted molar refractivity (Wildman–Crippen MR) is 60.9 cm³/mol. The molecular weight excluding hydrogens is 188 g/mol. The molecule has 0 aromatic rings. The summed E-state index contributed by atoms with van der Waals surface area (Å²) < 4.78 is 0. The van der Waals surface area contributed by atoms with Crippen LogP contribution >= 0.6 is 11.1 Å². The second kappa shape index (κ2) is 5.17. The fourth-order valence-electron chi connectivity index (χ4n) is 0.932. The molecule has 0 unspecified atom stereocenters. The minimum absolute atomic E-state index is 0.0672. The van der Waals surface area contributed by atoms with Gasteiger partial charge in [0, 0.05) is 9.52 Å². The molecule has 0 aliphatic rings. The maximum Gasteiger partial charge on any atom is 0.150 e. The zero-order valence-electron chi connectivity index (χ0n) is 8.08. The van der Waals surface area contributed by atoms with E-state index in [0.29, 0.717) is 0 Å². The van der Waals surface area contributed by atoms with E-state index < -0.39 is 7.38 Å². The zero-order chi connectivity index (χ0) is 8.91. The van der Waals surface area contributed by atoms with Gasteiger partial charge in [-0.25, -0.2) is 0 Å². The molecule has 0 spiro atoms. The number of hydrogen-bond acceptors (Lipinski definition) is 0. The van der Waals surface area contributed by atoms with E-state index in [9.17, 15) is 0 Å². The van der Waals surface area contributed by atoms with Crippen LogP contribution in [0, 0.1) is 0 Å². The Morgan fingerprint density at radius 2 is 2.09 bits per heavy atom. The molecule has 0 atom stereocenters. The van der Waals surface area contributed by atoms with Crippen LogP contribution in [0.5, 0.6) is 0 Å². The SMILES string of the molecule is CC=C(C)[SiH2]CC[Si](C)(C)Cl. The molecule has 0 amide bonds. The third-order valence-corrected chi connectivity index (χ3v) is 6.56. The van der Waals surface area contributed by atoms with Crippen molar-refractivity contribution in [2.45, 2.75) is 39.0 Å². The van der Waals surface area contributed by atoms with Crippen molar-refractivity contribution in [3.8, 4) is 0 Å². The molecule has 0 aromatic carbocycles. The van der Waals surface area contributed by atoms with Crippen LogP contribution in [0.15, 0.2) is 11.3 Å². The summed E-state index contributed by atoms with van der Waals surface area (Å²) in [5.41, 5.74) is 0. The molecule has 0 aliphatic heterocycles. The Balaban J connectivity index is 3.43. The van der Waals surface area contributed by atoms with Gasteiger partial charge in [0.1, 0.15) is 7.38 Å². The van der Waals surface area contributed by atoms with Crippen molar-refractivity contribution in [3.05, 3.63) is 11.3 Å². The lowest BCUT2D eigenvalue weighted by Crippen LogP contribution is -2.16. The minimum Gasteiger partial charge on any atom is -0.168 e. The first-order chi connectivity index (χ1) is 4.95. The van der Waals surface area contributed by atoms with E-state index in [0.717, 1.165) is 0 Å². The molecule has 66 valence electrons. The molecular formula is C8H19ClSi2. The number of halogens is 1. The van der Waals surface area contributed by atoms with Crippen LogP contribution in [0.25, 0.3) is 0 Å². The normalized spacial score (nSPS) is 14.8. The largest absolute Gasteiger partial charge is 0.168 e. The first-order valence-electron chi connectivity index (χ1n) is 4.26. The maximum absolute atomic E-state index is 6.20. The third kappa shape index (κ3) is 8.37. The molecule has 0 rings (SSSR count). The standard InChI is InChI=1S/C8H19ClSi2/c1-5-8(2)10-6-7-11(3,4)9/h5H,6-7,10H2,1-4H3. The summed E-state index contributed by atoms with van der Waals surface area (Å²) in [4.78, 5) is 0. The lowest BCUT2D eigenvalue weighted by Gasteiger charge is -2.11. The van der Waals surface area contributed by atoms with E-state index in [2.05, 4.69) is 33.0 Å². The highest BCUT2D eigenvalue weighted by Gasteiger charge is 2.15. The van der Waals surface area contributed by atoms with Gasteiger partial charge in [-0.1, -0.05) is 30.4 Å². The Hall–Kier alpha value is 0.464. The Kier molecular flexibility index (Phi) is 5.39. The second-order valence-electron chi connectivity index (χ2n) is 3.71. The molecule has 0 N–H and O–H groups in total. The Morgan fingerprint density at radius 1 is 1.55 bits per heavy atom. The van der Waals surface area contributed by atoms with Gasteiger partial charge in [0.25, 0.3) is 0 Å². The highest BCUT2D eigenvalue weighted by atomic mass is 35.6. The summed E-state index contributed by atoms with van der Waals surface area (Å²) in [7, 11) is -1.19. The van der Waals surface area contributed by atoms with Gasteiger partial charge in [-0.15, -0.1) is 0 Å². The molecule has 11 heavy (non-hydrogen) atoms. The third-order valence-electron chi connectivity index (χ3n) is 1.84. The maximum atomic E-state index is 6.20. The Labute approximate surface area is 78.6 Å². The highest BCUT2D eigenvalue weighted by Crippen LogP contribution is 2.16. The van der Waals surface area contributed by atoms with Gasteiger partial charge in [0.05, 0.1) is 0 Å². The first kappa shape index (κ1) is 11.5. The van der Waals surface area contributed by atoms with Crippen LogP contribution in [0.3, 0.4) is 0 Å². The monoisotopic (exact) mass is 206 g/mol. The van der Waals surface area contributed by atoms with Gasteiger partial charge in [0.15, 0.2) is 0 Å². The summed E-state index contributed by atoms with van der Waals surface area (Å²) in [6, 6.07) is 2.70. The van der Waals surface area contributed by atoms with Crippen LogP contribution < -0.4 is 0 Å². The minimum atomic E-state index is -1.26. The second-order valence-corrected chi connectivity index (χ2v) is 13.0. The molecule has 3 heteroatoms. The lowest BCUT2D eigenvalue weighted by atomic mass is 10.6. The van der Waals surface area contributed by atoms with Crippen LogP contribution in [-0.2, 0) is 0 Å². The van der Waals surface area contributed by atoms with Crippen molar-refractivity contribution in [2.24, 2.45) is 0 Å². The summed E-state index contributed by atoms with van der Waals surface area (Å²) in [6.07, 6.45) is 2.25. The quantitative estimate of drug-likeness (QED) is 0.490. The summed E-state index contributed by atoms with van der Waals surface area (Å²) >= 11 is 6.20. The lowest BCUT2D eigenvalue weighted by molar-refractivity contribution is 1.35. The Morgan fingerprint density at radius 3 is 2.45 bits per heavy atom. The topological polar surface area (TPSA) is 0 Å². The predicted octanol–water partition coefficient (Wildman–Crippen LogP) is 2.94. The van der Waals surface area contributed by atoms with Crippen molar-refractivity contribution < 1.29 is 0 Å². The summed E-state index contributed by atoms with van der Waals surface area (Å²) in [5, 5.41) is 1.62. The molecule has 0 fully saturated rings. The van der Waals surface area contributed by atoms with Crippen molar-refractivity contribution in [1.82, 2.24) is 0 Å². The van der Waals surface area contributed by atoms with E-state index in [-0.39, 0.29) is 9.52 Å². The van der Waals surface area contributed by atoms with E-state index in [1.54, 1.807) is 5.20 Å². The molecule has 0 saturated heterocycles. The average Bonchev–Trinajstić information content (AvgIpc) is 1.85. The zero-order valence-corrected chi connectivity index (χ0v) is 11.2. The fraction of sp³-hybridized carbons (Fsp3) is 0.750. The summed E-state index contributed by atoms with van der Waals surface area (Å²) in [6.45, 7) is 8.84. The highest BCUT2D eigenvalue weighted by molar-refractivity contribution is 7.19. The number of hydrogen-bond donors (Lipinski definition) is 0. The van der Waals surface area contributed by atoms with Crippen molar-refractivity contribution in [3.63, 3.8) is 0 Å². The fourth-order valence-corrected chi connectivity index (χ4v) is 7.05. The van der Waals surface area contributed by atoms with Crippen LogP contribution in [0.1, 0.15) is 13.8 Å². The Bertz CT molecular complexity index is 136. The van der Waals surface area contributed by atoms with E-state index >= 15 is 0 Å². The molecule has 0 bridgehead atoms. The van der Waals surface area contributed by atoms with E-state index in [1.165, 1.54) is 12.1 Å². The van der Waals surface area contributed by atoms with Gasteiger partial charge in [-0.05, 0) is 19.9 Å².